The number of benzene rings is 2. The number of sulfonamides is 1. The monoisotopic (exact) mass is 426 g/mol. The fourth-order valence-electron chi connectivity index (χ4n) is 5.54. The van der Waals surface area contributed by atoms with E-state index in [2.05, 4.69) is 18.6 Å². The summed E-state index contributed by atoms with van der Waals surface area (Å²) in [5.41, 5.74) is 7.09. The number of Topliss-reactive ketones (excluding diaryl/α,β-unsaturated/α-hetero) is 1. The van der Waals surface area contributed by atoms with Crippen molar-refractivity contribution in [2.45, 2.75) is 45.2 Å². The number of hydrogen-bond donors (Lipinski definition) is 2. The predicted octanol–water partition coefficient (Wildman–Crippen LogP) is 3.74. The Morgan fingerprint density at radius 1 is 1.03 bits per heavy atom. The van der Waals surface area contributed by atoms with Gasteiger partial charge in [-0.15, -0.1) is 0 Å². The van der Waals surface area contributed by atoms with Gasteiger partial charge in [0.15, 0.2) is 0 Å². The summed E-state index contributed by atoms with van der Waals surface area (Å²) in [5.74, 6) is 0.196. The molecule has 0 saturated heterocycles. The lowest BCUT2D eigenvalue weighted by molar-refractivity contribution is -0.128. The highest BCUT2D eigenvalue weighted by atomic mass is 32.2. The molecule has 2 fully saturated rings. The molecular formula is C24H30N2O3S. The second kappa shape index (κ2) is 7.59. The van der Waals surface area contributed by atoms with Crippen molar-refractivity contribution < 1.29 is 13.2 Å². The third-order valence-corrected chi connectivity index (χ3v) is 9.07. The summed E-state index contributed by atoms with van der Waals surface area (Å²) in [6.07, 6.45) is 2.05. The van der Waals surface area contributed by atoms with E-state index < -0.39 is 27.5 Å². The molecule has 4 atom stereocenters. The van der Waals surface area contributed by atoms with Gasteiger partial charge in [-0.25, -0.2) is 13.1 Å². The van der Waals surface area contributed by atoms with Gasteiger partial charge in [0.05, 0.1) is 17.8 Å². The van der Waals surface area contributed by atoms with E-state index in [-0.39, 0.29) is 22.9 Å². The van der Waals surface area contributed by atoms with Crippen molar-refractivity contribution in [3.8, 4) is 0 Å². The summed E-state index contributed by atoms with van der Waals surface area (Å²) in [6, 6.07) is 17.7. The molecule has 2 aliphatic carbocycles. The Kier molecular flexibility index (Phi) is 5.37. The molecule has 0 amide bonds. The Balaban J connectivity index is 1.65. The lowest BCUT2D eigenvalue weighted by Gasteiger charge is -2.37. The molecule has 0 spiro atoms. The van der Waals surface area contributed by atoms with E-state index >= 15 is 0 Å². The second-order valence-corrected chi connectivity index (χ2v) is 11.1. The maximum absolute atomic E-state index is 13.4. The highest BCUT2D eigenvalue weighted by Crippen LogP contribution is 2.64. The van der Waals surface area contributed by atoms with E-state index in [0.29, 0.717) is 12.8 Å². The Labute approximate surface area is 179 Å². The van der Waals surface area contributed by atoms with Gasteiger partial charge in [0, 0.05) is 11.8 Å². The van der Waals surface area contributed by atoms with Gasteiger partial charge >= 0.3 is 0 Å². The van der Waals surface area contributed by atoms with E-state index in [1.807, 2.05) is 60.7 Å². The largest absolute Gasteiger partial charge is 0.322 e. The summed E-state index contributed by atoms with van der Waals surface area (Å²) < 4.78 is 29.7. The molecule has 2 aliphatic rings. The first-order valence-electron chi connectivity index (χ1n) is 10.6. The maximum atomic E-state index is 13.4. The third kappa shape index (κ3) is 3.51. The molecule has 0 aliphatic heterocycles. The number of carbonyl (C=O) groups is 1. The van der Waals surface area contributed by atoms with E-state index in [4.69, 9.17) is 5.73 Å². The molecule has 0 radical (unpaired) electrons. The summed E-state index contributed by atoms with van der Waals surface area (Å²) >= 11 is 0. The van der Waals surface area contributed by atoms with Crippen LogP contribution < -0.4 is 10.5 Å². The van der Waals surface area contributed by atoms with Gasteiger partial charge in [-0.05, 0) is 35.3 Å². The first-order chi connectivity index (χ1) is 14.2. The number of carbonyl (C=O) groups excluding carboxylic acids is 1. The lowest BCUT2D eigenvalue weighted by Crippen LogP contribution is -2.47. The number of ketones is 1. The molecule has 2 unspecified atom stereocenters. The molecule has 30 heavy (non-hydrogen) atoms. The fraction of sp³-hybridized carbons (Fsp3) is 0.458. The summed E-state index contributed by atoms with van der Waals surface area (Å²) in [6.45, 7) is 4.10. The third-order valence-electron chi connectivity index (χ3n) is 7.58. The van der Waals surface area contributed by atoms with Crippen LogP contribution in [0.1, 0.15) is 56.3 Å². The van der Waals surface area contributed by atoms with Gasteiger partial charge in [0.2, 0.25) is 10.0 Å². The number of nitrogens with two attached hydrogens (primary N) is 1. The Morgan fingerprint density at radius 3 is 2.10 bits per heavy atom. The first-order valence-corrected chi connectivity index (χ1v) is 12.2. The van der Waals surface area contributed by atoms with E-state index in [9.17, 15) is 13.2 Å². The normalized spacial score (nSPS) is 27.2. The van der Waals surface area contributed by atoms with Gasteiger partial charge in [-0.2, -0.15) is 0 Å². The summed E-state index contributed by atoms with van der Waals surface area (Å²) in [4.78, 5) is 12.8. The molecule has 2 aromatic carbocycles. The molecule has 2 bridgehead atoms. The quantitative estimate of drug-likeness (QED) is 0.706. The van der Waals surface area contributed by atoms with Crippen LogP contribution in [0.15, 0.2) is 60.7 Å². The molecule has 0 aromatic heterocycles. The van der Waals surface area contributed by atoms with Crippen molar-refractivity contribution in [1.82, 2.24) is 4.72 Å². The van der Waals surface area contributed by atoms with Crippen LogP contribution in [0.3, 0.4) is 0 Å². The van der Waals surface area contributed by atoms with Crippen LogP contribution in [-0.2, 0) is 14.8 Å². The van der Waals surface area contributed by atoms with E-state index in [1.165, 1.54) is 0 Å². The Morgan fingerprint density at radius 2 is 1.60 bits per heavy atom. The highest BCUT2D eigenvalue weighted by molar-refractivity contribution is 7.89. The van der Waals surface area contributed by atoms with E-state index in [1.54, 1.807) is 0 Å². The van der Waals surface area contributed by atoms with Crippen molar-refractivity contribution in [3.05, 3.63) is 71.8 Å². The number of nitrogens with one attached hydrogen (secondary N) is 1. The smallest absolute Gasteiger partial charge is 0.213 e. The van der Waals surface area contributed by atoms with Crippen LogP contribution in [-0.4, -0.2) is 20.0 Å². The Hall–Kier alpha value is -2.02. The lowest BCUT2D eigenvalue weighted by atomic mass is 9.70. The van der Waals surface area contributed by atoms with Gasteiger partial charge < -0.3 is 5.73 Å². The zero-order valence-corrected chi connectivity index (χ0v) is 18.4. The van der Waals surface area contributed by atoms with Crippen LogP contribution >= 0.6 is 0 Å². The standard InChI is InChI=1S/C24H30N2O3S/c1-23(2)19-13-14-24(23,20(27)15-19)16-30(28,29)26-22(18-11-7-4-8-12-18)21(25)17-9-5-3-6-10-17/h3-12,19,21-22,26H,13-16,25H2,1-2H3/t19-,21?,22?,24-/m0/s1. The Bertz CT molecular complexity index is 1020. The zero-order valence-electron chi connectivity index (χ0n) is 17.5. The van der Waals surface area contributed by atoms with Crippen LogP contribution in [0.5, 0.6) is 0 Å². The van der Waals surface area contributed by atoms with Crippen molar-refractivity contribution in [1.29, 1.82) is 0 Å². The first kappa shape index (κ1) is 21.2. The molecule has 160 valence electrons. The molecule has 4 rings (SSSR count). The molecular weight excluding hydrogens is 396 g/mol. The molecule has 3 N–H and O–H groups in total. The van der Waals surface area contributed by atoms with Crippen molar-refractivity contribution in [2.75, 3.05) is 5.75 Å². The fourth-order valence-corrected chi connectivity index (χ4v) is 7.62. The number of hydrogen-bond acceptors (Lipinski definition) is 4. The molecule has 6 heteroatoms. The van der Waals surface area contributed by atoms with Crippen LogP contribution in [0.2, 0.25) is 0 Å². The van der Waals surface area contributed by atoms with Crippen LogP contribution in [0, 0.1) is 16.7 Å². The van der Waals surface area contributed by atoms with Crippen LogP contribution in [0.4, 0.5) is 0 Å². The number of fused-ring (bicyclic) bond motifs is 2. The molecule has 2 aromatic rings. The topological polar surface area (TPSA) is 89.3 Å². The molecule has 2 saturated carbocycles. The minimum absolute atomic E-state index is 0.0951. The second-order valence-electron chi connectivity index (χ2n) is 9.37. The van der Waals surface area contributed by atoms with Crippen molar-refractivity contribution >= 4 is 15.8 Å². The summed E-state index contributed by atoms with van der Waals surface area (Å²) in [5, 5.41) is 0. The minimum Gasteiger partial charge on any atom is -0.322 e. The van der Waals surface area contributed by atoms with Crippen molar-refractivity contribution in [3.63, 3.8) is 0 Å². The van der Waals surface area contributed by atoms with Crippen molar-refractivity contribution in [2.24, 2.45) is 22.5 Å². The maximum Gasteiger partial charge on any atom is 0.213 e. The van der Waals surface area contributed by atoms with E-state index in [0.717, 1.165) is 17.5 Å². The molecule has 5 nitrogen and oxygen atoms in total. The zero-order chi connectivity index (χ0) is 21.6. The average molecular weight is 427 g/mol. The van der Waals surface area contributed by atoms with Gasteiger partial charge in [0.1, 0.15) is 5.78 Å². The van der Waals surface area contributed by atoms with Crippen LogP contribution in [0.25, 0.3) is 0 Å². The van der Waals surface area contributed by atoms with Gasteiger partial charge in [-0.3, -0.25) is 4.79 Å². The highest BCUT2D eigenvalue weighted by Gasteiger charge is 2.65. The van der Waals surface area contributed by atoms with Gasteiger partial charge in [-0.1, -0.05) is 74.5 Å². The SMILES string of the molecule is CC1(C)[C@H]2CC[C@]1(CS(=O)(=O)NC(c1ccccc1)C(N)c1ccccc1)C(=O)C2. The summed E-state index contributed by atoms with van der Waals surface area (Å²) in [7, 11) is -3.76. The van der Waals surface area contributed by atoms with Gasteiger partial charge in [0.25, 0.3) is 0 Å². The number of rotatable bonds is 7. The predicted molar refractivity (Wildman–Crippen MR) is 118 cm³/mol. The molecule has 0 heterocycles. The minimum atomic E-state index is -3.76. The average Bonchev–Trinajstić information content (AvgIpc) is 3.07.